The van der Waals surface area contributed by atoms with E-state index in [1.165, 1.54) is 36.4 Å². The highest BCUT2D eigenvalue weighted by molar-refractivity contribution is 5.90. The zero-order valence-corrected chi connectivity index (χ0v) is 10.4. The number of carbonyl (C=O) groups is 2. The molecule has 0 saturated heterocycles. The fourth-order valence-electron chi connectivity index (χ4n) is 1.92. The molecule has 0 heterocycles. The van der Waals surface area contributed by atoms with Gasteiger partial charge in [0, 0.05) is 0 Å². The summed E-state index contributed by atoms with van der Waals surface area (Å²) in [4.78, 5) is 21.9. The minimum atomic E-state index is -1.12. The van der Waals surface area contributed by atoms with E-state index in [4.69, 9.17) is 10.2 Å². The molecule has 0 aliphatic heterocycles. The van der Waals surface area contributed by atoms with Crippen LogP contribution in [0.3, 0.4) is 0 Å². The number of aliphatic hydroxyl groups is 1. The molecule has 0 aliphatic carbocycles. The van der Waals surface area contributed by atoms with Crippen molar-refractivity contribution in [3.8, 4) is 0 Å². The maximum Gasteiger partial charge on any atom is 0.336 e. The molecule has 5 heteroatoms. The standard InChI is InChI=1S/C15H12O5/c16-13(9-5-7-10(8-6-9)14(17)18)11-3-1-2-4-12(11)15(19)20/h1-8,13,16H,(H,17,18)(H,19,20). The van der Waals surface area contributed by atoms with Gasteiger partial charge >= 0.3 is 11.9 Å². The molecule has 3 N–H and O–H groups in total. The van der Waals surface area contributed by atoms with Gasteiger partial charge in [0.05, 0.1) is 11.1 Å². The van der Waals surface area contributed by atoms with Crippen LogP contribution in [0.5, 0.6) is 0 Å². The van der Waals surface area contributed by atoms with E-state index in [1.807, 2.05) is 0 Å². The quantitative estimate of drug-likeness (QED) is 0.792. The van der Waals surface area contributed by atoms with Crippen molar-refractivity contribution in [2.75, 3.05) is 0 Å². The second-order valence-electron chi connectivity index (χ2n) is 4.22. The van der Waals surface area contributed by atoms with Crippen molar-refractivity contribution in [2.45, 2.75) is 6.10 Å². The van der Waals surface area contributed by atoms with Crippen molar-refractivity contribution in [3.05, 3.63) is 70.8 Å². The van der Waals surface area contributed by atoms with E-state index >= 15 is 0 Å². The third kappa shape index (κ3) is 2.67. The van der Waals surface area contributed by atoms with Crippen LogP contribution in [0, 0.1) is 0 Å². The SMILES string of the molecule is O=C(O)c1ccc(C(O)c2ccccc2C(=O)O)cc1. The molecular formula is C15H12O5. The molecule has 0 bridgehead atoms. The largest absolute Gasteiger partial charge is 0.478 e. The highest BCUT2D eigenvalue weighted by atomic mass is 16.4. The average Bonchev–Trinajstić information content (AvgIpc) is 2.46. The Kier molecular flexibility index (Phi) is 3.81. The van der Waals surface area contributed by atoms with Gasteiger partial charge in [-0.2, -0.15) is 0 Å². The van der Waals surface area contributed by atoms with Gasteiger partial charge in [-0.3, -0.25) is 0 Å². The Morgan fingerprint density at radius 3 is 2.00 bits per heavy atom. The Bertz CT molecular complexity index is 646. The summed E-state index contributed by atoms with van der Waals surface area (Å²) < 4.78 is 0. The normalized spacial score (nSPS) is 11.8. The van der Waals surface area contributed by atoms with Crippen molar-refractivity contribution in [3.63, 3.8) is 0 Å². The molecule has 0 fully saturated rings. The van der Waals surface area contributed by atoms with Gasteiger partial charge in [-0.15, -0.1) is 0 Å². The molecular weight excluding hydrogens is 260 g/mol. The summed E-state index contributed by atoms with van der Waals surface area (Å²) in [6.07, 6.45) is -1.12. The first-order chi connectivity index (χ1) is 9.50. The van der Waals surface area contributed by atoms with Gasteiger partial charge in [-0.05, 0) is 29.3 Å². The number of carboxylic acids is 2. The van der Waals surface area contributed by atoms with Crippen LogP contribution in [0.4, 0.5) is 0 Å². The number of hydrogen-bond acceptors (Lipinski definition) is 3. The lowest BCUT2D eigenvalue weighted by molar-refractivity contribution is 0.0684. The summed E-state index contributed by atoms with van der Waals surface area (Å²) in [7, 11) is 0. The first-order valence-corrected chi connectivity index (χ1v) is 5.84. The number of benzene rings is 2. The summed E-state index contributed by atoms with van der Waals surface area (Å²) in [6, 6.07) is 11.8. The van der Waals surface area contributed by atoms with E-state index in [-0.39, 0.29) is 16.7 Å². The van der Waals surface area contributed by atoms with Gasteiger partial charge in [0.1, 0.15) is 6.10 Å². The van der Waals surface area contributed by atoms with E-state index in [9.17, 15) is 14.7 Å². The lowest BCUT2D eigenvalue weighted by Crippen LogP contribution is -2.08. The third-order valence-corrected chi connectivity index (χ3v) is 2.96. The summed E-state index contributed by atoms with van der Waals surface area (Å²) in [6.45, 7) is 0. The molecule has 0 saturated carbocycles. The Morgan fingerprint density at radius 1 is 0.850 bits per heavy atom. The first-order valence-electron chi connectivity index (χ1n) is 5.84. The number of aliphatic hydroxyl groups excluding tert-OH is 1. The summed E-state index contributed by atoms with van der Waals surface area (Å²) in [5.74, 6) is -2.18. The second kappa shape index (κ2) is 5.54. The number of aromatic carboxylic acids is 2. The molecule has 0 radical (unpaired) electrons. The van der Waals surface area contributed by atoms with E-state index in [0.717, 1.165) is 0 Å². The molecule has 0 amide bonds. The molecule has 1 atom stereocenters. The van der Waals surface area contributed by atoms with Crippen LogP contribution in [-0.4, -0.2) is 27.3 Å². The van der Waals surface area contributed by atoms with Crippen LogP contribution >= 0.6 is 0 Å². The highest BCUT2D eigenvalue weighted by Gasteiger charge is 2.18. The van der Waals surface area contributed by atoms with Crippen molar-refractivity contribution in [1.82, 2.24) is 0 Å². The number of hydrogen-bond donors (Lipinski definition) is 3. The Hall–Kier alpha value is -2.66. The topological polar surface area (TPSA) is 94.8 Å². The maximum atomic E-state index is 11.1. The van der Waals surface area contributed by atoms with Gasteiger partial charge < -0.3 is 15.3 Å². The molecule has 2 aromatic carbocycles. The van der Waals surface area contributed by atoms with Crippen LogP contribution in [0.15, 0.2) is 48.5 Å². The molecule has 2 rings (SSSR count). The zero-order valence-electron chi connectivity index (χ0n) is 10.4. The summed E-state index contributed by atoms with van der Waals surface area (Å²) in [5.41, 5.74) is 0.821. The van der Waals surface area contributed by atoms with Crippen molar-refractivity contribution >= 4 is 11.9 Å². The lowest BCUT2D eigenvalue weighted by Gasteiger charge is -2.14. The monoisotopic (exact) mass is 272 g/mol. The van der Waals surface area contributed by atoms with Crippen LogP contribution < -0.4 is 0 Å². The van der Waals surface area contributed by atoms with Crippen molar-refractivity contribution in [2.24, 2.45) is 0 Å². The van der Waals surface area contributed by atoms with E-state index in [0.29, 0.717) is 5.56 Å². The van der Waals surface area contributed by atoms with E-state index < -0.39 is 18.0 Å². The van der Waals surface area contributed by atoms with Crippen LogP contribution in [0.25, 0.3) is 0 Å². The fraction of sp³-hybridized carbons (Fsp3) is 0.0667. The zero-order chi connectivity index (χ0) is 14.7. The van der Waals surface area contributed by atoms with Crippen LogP contribution in [0.2, 0.25) is 0 Å². The molecule has 5 nitrogen and oxygen atoms in total. The molecule has 102 valence electrons. The predicted molar refractivity (Wildman–Crippen MR) is 70.9 cm³/mol. The van der Waals surface area contributed by atoms with Gasteiger partial charge in [0.15, 0.2) is 0 Å². The van der Waals surface area contributed by atoms with Crippen LogP contribution in [0.1, 0.15) is 37.9 Å². The Labute approximate surface area is 114 Å². The van der Waals surface area contributed by atoms with Gasteiger partial charge in [-0.25, -0.2) is 9.59 Å². The highest BCUT2D eigenvalue weighted by Crippen LogP contribution is 2.25. The van der Waals surface area contributed by atoms with Crippen LogP contribution in [-0.2, 0) is 0 Å². The minimum Gasteiger partial charge on any atom is -0.478 e. The van der Waals surface area contributed by atoms with Crippen molar-refractivity contribution in [1.29, 1.82) is 0 Å². The van der Waals surface area contributed by atoms with Gasteiger partial charge in [0.2, 0.25) is 0 Å². The molecule has 2 aromatic rings. The fourth-order valence-corrected chi connectivity index (χ4v) is 1.92. The summed E-state index contributed by atoms with van der Waals surface area (Å²) in [5, 5.41) is 28.1. The third-order valence-electron chi connectivity index (χ3n) is 2.96. The average molecular weight is 272 g/mol. The van der Waals surface area contributed by atoms with Gasteiger partial charge in [0.25, 0.3) is 0 Å². The maximum absolute atomic E-state index is 11.1. The number of carboxylic acid groups (broad SMARTS) is 2. The summed E-state index contributed by atoms with van der Waals surface area (Å²) >= 11 is 0. The molecule has 0 aromatic heterocycles. The Balaban J connectivity index is 2.38. The molecule has 20 heavy (non-hydrogen) atoms. The van der Waals surface area contributed by atoms with E-state index in [1.54, 1.807) is 12.1 Å². The number of rotatable bonds is 4. The molecule has 0 spiro atoms. The smallest absolute Gasteiger partial charge is 0.336 e. The molecule has 1 unspecified atom stereocenters. The lowest BCUT2D eigenvalue weighted by atomic mass is 9.96. The van der Waals surface area contributed by atoms with Crippen molar-refractivity contribution < 1.29 is 24.9 Å². The minimum absolute atomic E-state index is 0.0160. The first kappa shape index (κ1) is 13.8. The second-order valence-corrected chi connectivity index (χ2v) is 4.22. The molecule has 0 aliphatic rings. The van der Waals surface area contributed by atoms with E-state index in [2.05, 4.69) is 0 Å². The predicted octanol–water partition coefficient (Wildman–Crippen LogP) is 2.16. The Morgan fingerprint density at radius 2 is 1.45 bits per heavy atom. The van der Waals surface area contributed by atoms with Gasteiger partial charge in [-0.1, -0.05) is 30.3 Å².